The molecule has 2 N–H and O–H groups in total. The van der Waals surface area contributed by atoms with E-state index in [4.69, 9.17) is 0 Å². The Kier molecular flexibility index (Phi) is 3.15. The first-order chi connectivity index (χ1) is 9.24. The maximum atomic E-state index is 4.53. The van der Waals surface area contributed by atoms with E-state index in [0.29, 0.717) is 0 Å². The second-order valence-corrected chi connectivity index (χ2v) is 5.48. The molecule has 0 saturated heterocycles. The van der Waals surface area contributed by atoms with Crippen LogP contribution in [0, 0.1) is 0 Å². The molecule has 3 rings (SSSR count). The molecule has 100 valence electrons. The van der Waals surface area contributed by atoms with Gasteiger partial charge in [0.25, 0.3) is 0 Å². The number of nitrogens with one attached hydrogen (secondary N) is 2. The molecule has 3 nitrogen and oxygen atoms in total. The van der Waals surface area contributed by atoms with Crippen molar-refractivity contribution in [2.24, 2.45) is 0 Å². The van der Waals surface area contributed by atoms with Gasteiger partial charge in [-0.2, -0.15) is 0 Å². The van der Waals surface area contributed by atoms with E-state index in [1.54, 1.807) is 6.33 Å². The van der Waals surface area contributed by atoms with E-state index >= 15 is 0 Å². The monoisotopic (exact) mass is 255 g/mol. The third-order valence-electron chi connectivity index (χ3n) is 4.12. The van der Waals surface area contributed by atoms with Gasteiger partial charge in [-0.15, -0.1) is 0 Å². The van der Waals surface area contributed by atoms with Crippen molar-refractivity contribution < 1.29 is 0 Å². The van der Waals surface area contributed by atoms with Crippen molar-refractivity contribution in [3.63, 3.8) is 0 Å². The number of rotatable bonds is 3. The molecule has 1 unspecified atom stereocenters. The van der Waals surface area contributed by atoms with Gasteiger partial charge in [0, 0.05) is 18.7 Å². The van der Waals surface area contributed by atoms with Gasteiger partial charge in [0.2, 0.25) is 0 Å². The van der Waals surface area contributed by atoms with Crippen LogP contribution in [-0.4, -0.2) is 16.5 Å². The number of nitrogens with zero attached hydrogens (tertiary/aromatic N) is 1. The minimum Gasteiger partial charge on any atom is -0.348 e. The number of aromatic amines is 1. The Balaban J connectivity index is 1.98. The smallest absolute Gasteiger partial charge is 0.0926 e. The molecular weight excluding hydrogens is 234 g/mol. The van der Waals surface area contributed by atoms with Crippen molar-refractivity contribution >= 4 is 0 Å². The molecule has 1 atom stereocenters. The summed E-state index contributed by atoms with van der Waals surface area (Å²) in [6.45, 7) is 5.43. The number of benzene rings is 1. The van der Waals surface area contributed by atoms with Crippen LogP contribution >= 0.6 is 0 Å². The molecule has 2 aromatic rings. The standard InChI is InChI=1S/C16H21N3/c1-3-4-12-5-7-13(8-6-12)16(2)15-14(9-10-19-16)17-11-18-15/h5-8,11,19H,3-4,9-10H2,1-2H3,(H,17,18). The molecule has 0 aliphatic carbocycles. The number of hydrogen-bond donors (Lipinski definition) is 2. The first kappa shape index (κ1) is 12.4. The molecule has 1 aliphatic rings. The number of imidazole rings is 1. The van der Waals surface area contributed by atoms with E-state index in [1.165, 1.54) is 23.2 Å². The number of aryl methyl sites for hydroxylation is 1. The Hall–Kier alpha value is -1.61. The summed E-state index contributed by atoms with van der Waals surface area (Å²) in [4.78, 5) is 7.79. The second-order valence-electron chi connectivity index (χ2n) is 5.48. The van der Waals surface area contributed by atoms with E-state index in [1.807, 2.05) is 0 Å². The normalized spacial score (nSPS) is 22.2. The SMILES string of the molecule is CCCc1ccc(C2(C)NCCc3[nH]cnc32)cc1. The highest BCUT2D eigenvalue weighted by atomic mass is 15.1. The van der Waals surface area contributed by atoms with Crippen molar-refractivity contribution in [2.45, 2.75) is 38.6 Å². The van der Waals surface area contributed by atoms with E-state index in [-0.39, 0.29) is 5.54 Å². The van der Waals surface area contributed by atoms with Gasteiger partial charge in [0.15, 0.2) is 0 Å². The molecule has 1 aliphatic heterocycles. The van der Waals surface area contributed by atoms with Crippen molar-refractivity contribution in [1.82, 2.24) is 15.3 Å². The minimum atomic E-state index is -0.168. The Morgan fingerprint density at radius 2 is 2.05 bits per heavy atom. The average molecular weight is 255 g/mol. The van der Waals surface area contributed by atoms with E-state index < -0.39 is 0 Å². The third kappa shape index (κ3) is 2.08. The number of fused-ring (bicyclic) bond motifs is 1. The zero-order valence-corrected chi connectivity index (χ0v) is 11.7. The van der Waals surface area contributed by atoms with Gasteiger partial charge in [0.1, 0.15) is 0 Å². The van der Waals surface area contributed by atoms with Crippen LogP contribution < -0.4 is 5.32 Å². The first-order valence-electron chi connectivity index (χ1n) is 7.11. The molecule has 0 radical (unpaired) electrons. The number of aromatic nitrogens is 2. The van der Waals surface area contributed by atoms with E-state index in [2.05, 4.69) is 53.4 Å². The molecule has 0 spiro atoms. The quantitative estimate of drug-likeness (QED) is 0.885. The van der Waals surface area contributed by atoms with Crippen LogP contribution in [0.3, 0.4) is 0 Å². The minimum absolute atomic E-state index is 0.168. The Bertz CT molecular complexity index is 556. The van der Waals surface area contributed by atoms with Gasteiger partial charge in [0.05, 0.1) is 17.6 Å². The van der Waals surface area contributed by atoms with Gasteiger partial charge >= 0.3 is 0 Å². The summed E-state index contributed by atoms with van der Waals surface area (Å²) in [5.74, 6) is 0. The van der Waals surface area contributed by atoms with Crippen molar-refractivity contribution in [1.29, 1.82) is 0 Å². The average Bonchev–Trinajstić information content (AvgIpc) is 2.90. The first-order valence-corrected chi connectivity index (χ1v) is 7.11. The molecule has 0 amide bonds. The van der Waals surface area contributed by atoms with Crippen LogP contribution in [0.2, 0.25) is 0 Å². The molecule has 3 heteroatoms. The largest absolute Gasteiger partial charge is 0.348 e. The lowest BCUT2D eigenvalue weighted by atomic mass is 9.84. The summed E-state index contributed by atoms with van der Waals surface area (Å²) in [7, 11) is 0. The predicted octanol–water partition coefficient (Wildman–Crippen LogP) is 2.77. The maximum absolute atomic E-state index is 4.53. The predicted molar refractivity (Wildman–Crippen MR) is 77.2 cm³/mol. The van der Waals surface area contributed by atoms with Gasteiger partial charge in [-0.3, -0.25) is 0 Å². The lowest BCUT2D eigenvalue weighted by molar-refractivity contribution is 0.403. The second kappa shape index (κ2) is 4.82. The zero-order valence-electron chi connectivity index (χ0n) is 11.7. The Labute approximate surface area is 114 Å². The lowest BCUT2D eigenvalue weighted by Gasteiger charge is -2.34. The molecule has 1 aromatic carbocycles. The summed E-state index contributed by atoms with van der Waals surface area (Å²) in [6.07, 6.45) is 5.18. The molecule has 0 fully saturated rings. The fourth-order valence-corrected chi connectivity index (χ4v) is 3.00. The Morgan fingerprint density at radius 3 is 2.79 bits per heavy atom. The summed E-state index contributed by atoms with van der Waals surface area (Å²) in [5.41, 5.74) is 4.94. The third-order valence-corrected chi connectivity index (χ3v) is 4.12. The van der Waals surface area contributed by atoms with Crippen LogP contribution in [0.1, 0.15) is 42.8 Å². The molecular formula is C16H21N3. The van der Waals surface area contributed by atoms with Gasteiger partial charge < -0.3 is 10.3 Å². The zero-order chi connectivity index (χ0) is 13.3. The molecule has 0 bridgehead atoms. The van der Waals surface area contributed by atoms with Crippen LogP contribution in [0.4, 0.5) is 0 Å². The van der Waals surface area contributed by atoms with E-state index in [9.17, 15) is 0 Å². The van der Waals surface area contributed by atoms with Crippen LogP contribution in [-0.2, 0) is 18.4 Å². The fourth-order valence-electron chi connectivity index (χ4n) is 3.00. The maximum Gasteiger partial charge on any atom is 0.0926 e. The topological polar surface area (TPSA) is 40.7 Å². The summed E-state index contributed by atoms with van der Waals surface area (Å²) in [6, 6.07) is 8.96. The molecule has 1 aromatic heterocycles. The van der Waals surface area contributed by atoms with Crippen molar-refractivity contribution in [3.8, 4) is 0 Å². The summed E-state index contributed by atoms with van der Waals surface area (Å²) in [5, 5.41) is 3.62. The highest BCUT2D eigenvalue weighted by Gasteiger charge is 2.35. The highest BCUT2D eigenvalue weighted by Crippen LogP contribution is 2.32. The molecule has 2 heterocycles. The van der Waals surface area contributed by atoms with Crippen LogP contribution in [0.25, 0.3) is 0 Å². The number of hydrogen-bond acceptors (Lipinski definition) is 2. The van der Waals surface area contributed by atoms with Gasteiger partial charge in [-0.1, -0.05) is 37.6 Å². The molecule has 0 saturated carbocycles. The van der Waals surface area contributed by atoms with E-state index in [0.717, 1.165) is 25.1 Å². The summed E-state index contributed by atoms with van der Waals surface area (Å²) < 4.78 is 0. The van der Waals surface area contributed by atoms with Crippen LogP contribution in [0.5, 0.6) is 0 Å². The highest BCUT2D eigenvalue weighted by molar-refractivity contribution is 5.39. The van der Waals surface area contributed by atoms with Crippen LogP contribution in [0.15, 0.2) is 30.6 Å². The van der Waals surface area contributed by atoms with Gasteiger partial charge in [-0.05, 0) is 24.5 Å². The van der Waals surface area contributed by atoms with Gasteiger partial charge in [-0.25, -0.2) is 4.98 Å². The summed E-state index contributed by atoms with van der Waals surface area (Å²) >= 11 is 0. The molecule has 19 heavy (non-hydrogen) atoms. The Morgan fingerprint density at radius 1 is 1.26 bits per heavy atom. The number of H-pyrrole nitrogens is 1. The lowest BCUT2D eigenvalue weighted by Crippen LogP contribution is -2.46. The van der Waals surface area contributed by atoms with Crippen molar-refractivity contribution in [3.05, 3.63) is 53.1 Å². The fraction of sp³-hybridized carbons (Fsp3) is 0.438. The van der Waals surface area contributed by atoms with Crippen molar-refractivity contribution in [2.75, 3.05) is 6.54 Å².